The van der Waals surface area contributed by atoms with E-state index < -0.39 is 10.0 Å². The van der Waals surface area contributed by atoms with Crippen molar-refractivity contribution in [2.75, 3.05) is 38.0 Å². The molecule has 0 saturated carbocycles. The SMILES string of the molecule is CCN(CC)S(=O)(=O)c1cc(NC(=O)C[NH+]2CCCCCC2)ccc1Cl. The van der Waals surface area contributed by atoms with Crippen molar-refractivity contribution in [3.8, 4) is 0 Å². The first-order chi connectivity index (χ1) is 12.4. The molecule has 2 N–H and O–H groups in total. The predicted molar refractivity (Wildman–Crippen MR) is 104 cm³/mol. The number of halogens is 1. The smallest absolute Gasteiger partial charge is 0.279 e. The molecule has 0 radical (unpaired) electrons. The highest BCUT2D eigenvalue weighted by Crippen LogP contribution is 2.27. The van der Waals surface area contributed by atoms with E-state index in [-0.39, 0.29) is 15.8 Å². The molecule has 26 heavy (non-hydrogen) atoms. The van der Waals surface area contributed by atoms with Crippen molar-refractivity contribution in [2.45, 2.75) is 44.4 Å². The van der Waals surface area contributed by atoms with Gasteiger partial charge in [-0.2, -0.15) is 4.31 Å². The van der Waals surface area contributed by atoms with E-state index in [1.807, 2.05) is 0 Å². The van der Waals surface area contributed by atoms with Crippen LogP contribution in [0.1, 0.15) is 39.5 Å². The summed E-state index contributed by atoms with van der Waals surface area (Å²) in [5.74, 6) is -0.101. The molecule has 8 heteroatoms. The highest BCUT2D eigenvalue weighted by molar-refractivity contribution is 7.89. The van der Waals surface area contributed by atoms with Crippen LogP contribution in [-0.4, -0.2) is 51.4 Å². The van der Waals surface area contributed by atoms with Gasteiger partial charge in [0, 0.05) is 18.8 Å². The molecule has 0 unspecified atom stereocenters. The summed E-state index contributed by atoms with van der Waals surface area (Å²) in [6.45, 7) is 6.72. The van der Waals surface area contributed by atoms with E-state index in [0.717, 1.165) is 25.9 Å². The number of rotatable bonds is 7. The summed E-state index contributed by atoms with van der Waals surface area (Å²) in [6, 6.07) is 4.61. The number of quaternary nitrogens is 1. The Bertz CT molecular complexity index is 712. The lowest BCUT2D eigenvalue weighted by Gasteiger charge is -2.20. The molecule has 1 aromatic rings. The molecule has 146 valence electrons. The van der Waals surface area contributed by atoms with E-state index in [4.69, 9.17) is 11.6 Å². The number of carbonyl (C=O) groups excluding carboxylic acids is 1. The van der Waals surface area contributed by atoms with Gasteiger partial charge in [-0.1, -0.05) is 25.4 Å². The second kappa shape index (κ2) is 9.69. The summed E-state index contributed by atoms with van der Waals surface area (Å²) in [5.41, 5.74) is 0.458. The molecular formula is C18H29ClN3O3S+. The maximum absolute atomic E-state index is 12.7. The Morgan fingerprint density at radius 1 is 1.15 bits per heavy atom. The van der Waals surface area contributed by atoms with Crippen molar-refractivity contribution in [3.05, 3.63) is 23.2 Å². The Morgan fingerprint density at radius 3 is 2.35 bits per heavy atom. The van der Waals surface area contributed by atoms with Crippen LogP contribution in [0.2, 0.25) is 5.02 Å². The Morgan fingerprint density at radius 2 is 1.77 bits per heavy atom. The largest absolute Gasteiger partial charge is 0.327 e. The normalized spacial score (nSPS) is 16.5. The molecule has 1 saturated heterocycles. The van der Waals surface area contributed by atoms with E-state index in [1.165, 1.54) is 34.2 Å². The topological polar surface area (TPSA) is 70.9 Å². The second-order valence-corrected chi connectivity index (χ2v) is 8.94. The van der Waals surface area contributed by atoms with Gasteiger partial charge in [0.2, 0.25) is 10.0 Å². The van der Waals surface area contributed by atoms with E-state index in [2.05, 4.69) is 5.32 Å². The Labute approximate surface area is 161 Å². The third kappa shape index (κ3) is 5.42. The van der Waals surface area contributed by atoms with Crippen molar-refractivity contribution >= 4 is 33.2 Å². The second-order valence-electron chi connectivity index (χ2n) is 6.62. The maximum Gasteiger partial charge on any atom is 0.279 e. The molecule has 1 heterocycles. The van der Waals surface area contributed by atoms with Crippen molar-refractivity contribution in [2.24, 2.45) is 0 Å². The Balaban J connectivity index is 2.12. The van der Waals surface area contributed by atoms with Crippen molar-refractivity contribution in [1.82, 2.24) is 4.31 Å². The summed E-state index contributed by atoms with van der Waals surface area (Å²) >= 11 is 6.13. The molecule has 0 bridgehead atoms. The molecule has 1 fully saturated rings. The maximum atomic E-state index is 12.7. The molecular weight excluding hydrogens is 374 g/mol. The zero-order valence-corrected chi connectivity index (χ0v) is 17.1. The van der Waals surface area contributed by atoms with Crippen LogP contribution in [0.25, 0.3) is 0 Å². The lowest BCUT2D eigenvalue weighted by molar-refractivity contribution is -0.890. The van der Waals surface area contributed by atoms with Crippen LogP contribution in [0.15, 0.2) is 23.1 Å². The third-order valence-corrected chi connectivity index (χ3v) is 7.29. The highest BCUT2D eigenvalue weighted by atomic mass is 35.5. The predicted octanol–water partition coefficient (Wildman–Crippen LogP) is 1.77. The van der Waals surface area contributed by atoms with Crippen LogP contribution < -0.4 is 10.2 Å². The van der Waals surface area contributed by atoms with E-state index in [1.54, 1.807) is 19.9 Å². The zero-order chi connectivity index (χ0) is 19.2. The summed E-state index contributed by atoms with van der Waals surface area (Å²) in [4.78, 5) is 13.7. The molecule has 2 rings (SSSR count). The zero-order valence-electron chi connectivity index (χ0n) is 15.6. The highest BCUT2D eigenvalue weighted by Gasteiger charge is 2.25. The summed E-state index contributed by atoms with van der Waals surface area (Å²) < 4.78 is 26.8. The number of nitrogens with zero attached hydrogens (tertiary/aromatic N) is 1. The van der Waals surface area contributed by atoms with E-state index in [9.17, 15) is 13.2 Å². The van der Waals surface area contributed by atoms with Gasteiger partial charge in [0.15, 0.2) is 6.54 Å². The van der Waals surface area contributed by atoms with Crippen LogP contribution >= 0.6 is 11.6 Å². The number of nitrogens with one attached hydrogen (secondary N) is 2. The van der Waals surface area contributed by atoms with Gasteiger partial charge in [-0.3, -0.25) is 4.79 Å². The fourth-order valence-electron chi connectivity index (χ4n) is 3.32. The van der Waals surface area contributed by atoms with Gasteiger partial charge in [0.05, 0.1) is 18.1 Å². The first-order valence-corrected chi connectivity index (χ1v) is 11.1. The van der Waals surface area contributed by atoms with Crippen LogP contribution in [0.5, 0.6) is 0 Å². The van der Waals surface area contributed by atoms with Crippen molar-refractivity contribution in [3.63, 3.8) is 0 Å². The van der Waals surface area contributed by atoms with Crippen LogP contribution in [-0.2, 0) is 14.8 Å². The molecule has 1 aliphatic rings. The molecule has 0 atom stereocenters. The summed E-state index contributed by atoms with van der Waals surface area (Å²) in [5, 5.41) is 2.98. The van der Waals surface area contributed by atoms with Gasteiger partial charge >= 0.3 is 0 Å². The standard InChI is InChI=1S/C18H28ClN3O3S/c1-3-22(4-2)26(24,25)17-13-15(9-10-16(17)19)20-18(23)14-21-11-7-5-6-8-12-21/h9-10,13H,3-8,11-12,14H2,1-2H3,(H,20,23)/p+1. The minimum absolute atomic E-state index is 0.0304. The lowest BCUT2D eigenvalue weighted by atomic mass is 10.2. The quantitative estimate of drug-likeness (QED) is 0.730. The molecule has 1 aromatic carbocycles. The van der Waals surface area contributed by atoms with Gasteiger partial charge < -0.3 is 10.2 Å². The molecule has 1 aliphatic heterocycles. The first-order valence-electron chi connectivity index (χ1n) is 9.31. The number of amides is 1. The van der Waals surface area contributed by atoms with Gasteiger partial charge in [0.1, 0.15) is 4.90 Å². The number of hydrogen-bond acceptors (Lipinski definition) is 3. The number of hydrogen-bond donors (Lipinski definition) is 2. The molecule has 6 nitrogen and oxygen atoms in total. The number of sulfonamides is 1. The third-order valence-electron chi connectivity index (χ3n) is 4.76. The van der Waals surface area contributed by atoms with Gasteiger partial charge in [-0.15, -0.1) is 0 Å². The Kier molecular flexibility index (Phi) is 7.88. The molecule has 1 amide bonds. The molecule has 0 aliphatic carbocycles. The van der Waals surface area contributed by atoms with Crippen LogP contribution in [0.4, 0.5) is 5.69 Å². The minimum atomic E-state index is -3.68. The van der Waals surface area contributed by atoms with Crippen LogP contribution in [0.3, 0.4) is 0 Å². The first kappa shape index (κ1) is 21.2. The van der Waals surface area contributed by atoms with Crippen molar-refractivity contribution < 1.29 is 18.1 Å². The monoisotopic (exact) mass is 402 g/mol. The number of benzene rings is 1. The van der Waals surface area contributed by atoms with Crippen LogP contribution in [0, 0.1) is 0 Å². The number of likely N-dealkylation sites (tertiary alicyclic amines) is 1. The average Bonchev–Trinajstić information content (AvgIpc) is 2.86. The lowest BCUT2D eigenvalue weighted by Crippen LogP contribution is -3.12. The van der Waals surface area contributed by atoms with Gasteiger partial charge in [0.25, 0.3) is 5.91 Å². The van der Waals surface area contributed by atoms with E-state index in [0.29, 0.717) is 25.3 Å². The van der Waals surface area contributed by atoms with E-state index >= 15 is 0 Å². The Hall–Kier alpha value is -1.15. The van der Waals surface area contributed by atoms with Crippen molar-refractivity contribution in [1.29, 1.82) is 0 Å². The number of anilines is 1. The minimum Gasteiger partial charge on any atom is -0.327 e. The molecule has 0 aromatic heterocycles. The average molecular weight is 403 g/mol. The molecule has 0 spiro atoms. The number of carbonyl (C=O) groups is 1. The summed E-state index contributed by atoms with van der Waals surface area (Å²) in [6.07, 6.45) is 4.76. The van der Waals surface area contributed by atoms with Gasteiger partial charge in [-0.25, -0.2) is 8.42 Å². The fourth-order valence-corrected chi connectivity index (χ4v) is 5.28. The summed E-state index contributed by atoms with van der Waals surface area (Å²) in [7, 11) is -3.68. The fraction of sp³-hybridized carbons (Fsp3) is 0.611. The van der Waals surface area contributed by atoms with Gasteiger partial charge in [-0.05, 0) is 43.9 Å².